The van der Waals surface area contributed by atoms with Crippen LogP contribution in [0.1, 0.15) is 33.1 Å². The number of anilines is 1. The summed E-state index contributed by atoms with van der Waals surface area (Å²) in [5, 5.41) is 4.21. The summed E-state index contributed by atoms with van der Waals surface area (Å²) in [6.45, 7) is 9.06. The van der Waals surface area contributed by atoms with Crippen molar-refractivity contribution in [2.45, 2.75) is 33.1 Å². The van der Waals surface area contributed by atoms with Gasteiger partial charge < -0.3 is 10.2 Å². The highest BCUT2D eigenvalue weighted by molar-refractivity contribution is 6.30. The zero-order valence-electron chi connectivity index (χ0n) is 11.6. The van der Waals surface area contributed by atoms with Gasteiger partial charge in [-0.3, -0.25) is 0 Å². The first-order valence-corrected chi connectivity index (χ1v) is 7.35. The Labute approximate surface area is 116 Å². The van der Waals surface area contributed by atoms with E-state index < -0.39 is 0 Å². The number of hydrogen-bond acceptors (Lipinski definition) is 2. The van der Waals surface area contributed by atoms with E-state index in [2.05, 4.69) is 24.1 Å². The van der Waals surface area contributed by atoms with Crippen molar-refractivity contribution in [1.82, 2.24) is 4.90 Å². The van der Waals surface area contributed by atoms with E-state index >= 15 is 0 Å². The van der Waals surface area contributed by atoms with Gasteiger partial charge in [-0.25, -0.2) is 0 Å². The summed E-state index contributed by atoms with van der Waals surface area (Å²) in [6.07, 6.45) is 3.81. The second-order valence-electron chi connectivity index (χ2n) is 4.52. The Kier molecular flexibility index (Phi) is 7.86. The molecule has 0 fully saturated rings. The van der Waals surface area contributed by atoms with E-state index in [0.717, 1.165) is 17.3 Å². The maximum atomic E-state index is 5.84. The van der Waals surface area contributed by atoms with Gasteiger partial charge in [0.05, 0.1) is 0 Å². The molecular formula is C15H25ClN2. The second-order valence-corrected chi connectivity index (χ2v) is 4.96. The van der Waals surface area contributed by atoms with Crippen molar-refractivity contribution in [3.8, 4) is 0 Å². The number of hydrogen-bond donors (Lipinski definition) is 1. The van der Waals surface area contributed by atoms with Crippen LogP contribution in [0.3, 0.4) is 0 Å². The molecule has 0 unspecified atom stereocenters. The molecule has 0 amide bonds. The topological polar surface area (TPSA) is 15.3 Å². The molecule has 0 aliphatic heterocycles. The number of rotatable bonds is 9. The first-order chi connectivity index (χ1) is 8.76. The van der Waals surface area contributed by atoms with Gasteiger partial charge in [0.25, 0.3) is 0 Å². The minimum Gasteiger partial charge on any atom is -0.385 e. The predicted molar refractivity (Wildman–Crippen MR) is 81.6 cm³/mol. The summed E-state index contributed by atoms with van der Waals surface area (Å²) < 4.78 is 0. The van der Waals surface area contributed by atoms with Crippen LogP contribution in [0.15, 0.2) is 24.3 Å². The Balaban J connectivity index is 2.03. The van der Waals surface area contributed by atoms with Crippen LogP contribution in [0.5, 0.6) is 0 Å². The zero-order valence-corrected chi connectivity index (χ0v) is 12.3. The lowest BCUT2D eigenvalue weighted by atomic mass is 10.2. The molecule has 0 heterocycles. The van der Waals surface area contributed by atoms with E-state index in [1.807, 2.05) is 24.3 Å². The molecule has 0 radical (unpaired) electrons. The molecule has 0 aliphatic carbocycles. The minimum atomic E-state index is 0.791. The lowest BCUT2D eigenvalue weighted by Crippen LogP contribution is -2.23. The number of unbranched alkanes of at least 4 members (excludes halogenated alkanes) is 2. The lowest BCUT2D eigenvalue weighted by molar-refractivity contribution is 0.296. The Hall–Kier alpha value is -0.730. The third-order valence-corrected chi connectivity index (χ3v) is 3.47. The van der Waals surface area contributed by atoms with Gasteiger partial charge in [0.15, 0.2) is 0 Å². The van der Waals surface area contributed by atoms with Gasteiger partial charge in [-0.15, -0.1) is 0 Å². The molecule has 1 rings (SSSR count). The van der Waals surface area contributed by atoms with Crippen LogP contribution < -0.4 is 5.32 Å². The highest BCUT2D eigenvalue weighted by Gasteiger charge is 1.98. The monoisotopic (exact) mass is 268 g/mol. The van der Waals surface area contributed by atoms with E-state index in [0.29, 0.717) is 0 Å². The lowest BCUT2D eigenvalue weighted by Gasteiger charge is -2.17. The molecule has 1 aromatic rings. The Morgan fingerprint density at radius 1 is 1.00 bits per heavy atom. The zero-order chi connectivity index (χ0) is 13.2. The quantitative estimate of drug-likeness (QED) is 0.673. The van der Waals surface area contributed by atoms with E-state index in [9.17, 15) is 0 Å². The van der Waals surface area contributed by atoms with Gasteiger partial charge in [0.2, 0.25) is 0 Å². The van der Waals surface area contributed by atoms with Crippen molar-refractivity contribution in [3.05, 3.63) is 29.3 Å². The largest absolute Gasteiger partial charge is 0.385 e. The van der Waals surface area contributed by atoms with Crippen LogP contribution in [0.2, 0.25) is 5.02 Å². The third-order valence-electron chi connectivity index (χ3n) is 3.22. The highest BCUT2D eigenvalue weighted by atomic mass is 35.5. The van der Waals surface area contributed by atoms with Gasteiger partial charge in [-0.1, -0.05) is 31.9 Å². The molecule has 3 heteroatoms. The van der Waals surface area contributed by atoms with Crippen LogP contribution in [-0.2, 0) is 0 Å². The van der Waals surface area contributed by atoms with Crippen molar-refractivity contribution in [2.24, 2.45) is 0 Å². The van der Waals surface area contributed by atoms with Crippen molar-refractivity contribution >= 4 is 17.3 Å². The SMILES string of the molecule is CCN(CC)CCCCCNc1ccc(Cl)cc1. The molecule has 102 valence electrons. The van der Waals surface area contributed by atoms with Crippen molar-refractivity contribution in [2.75, 3.05) is 31.5 Å². The van der Waals surface area contributed by atoms with Gasteiger partial charge in [-0.05, 0) is 56.7 Å². The van der Waals surface area contributed by atoms with Crippen molar-refractivity contribution in [1.29, 1.82) is 0 Å². The molecule has 0 bridgehead atoms. The standard InChI is InChI=1S/C15H25ClN2/c1-3-18(4-2)13-7-5-6-12-17-15-10-8-14(16)9-11-15/h8-11,17H,3-7,12-13H2,1-2H3. The summed E-state index contributed by atoms with van der Waals surface area (Å²) in [4.78, 5) is 2.48. The molecule has 0 spiro atoms. The van der Waals surface area contributed by atoms with E-state index in [4.69, 9.17) is 11.6 Å². The molecule has 0 aliphatic rings. The van der Waals surface area contributed by atoms with E-state index in [-0.39, 0.29) is 0 Å². The normalized spacial score (nSPS) is 10.9. The molecule has 0 saturated heterocycles. The fourth-order valence-electron chi connectivity index (χ4n) is 1.98. The summed E-state index contributed by atoms with van der Waals surface area (Å²) in [5.74, 6) is 0. The summed E-state index contributed by atoms with van der Waals surface area (Å²) in [7, 11) is 0. The molecule has 18 heavy (non-hydrogen) atoms. The average Bonchev–Trinajstić information content (AvgIpc) is 2.40. The van der Waals surface area contributed by atoms with Crippen LogP contribution in [-0.4, -0.2) is 31.1 Å². The fraction of sp³-hybridized carbons (Fsp3) is 0.600. The molecule has 1 N–H and O–H groups in total. The fourth-order valence-corrected chi connectivity index (χ4v) is 2.10. The van der Waals surface area contributed by atoms with Crippen LogP contribution in [0, 0.1) is 0 Å². The third kappa shape index (κ3) is 6.27. The Bertz CT molecular complexity index is 307. The number of nitrogens with zero attached hydrogens (tertiary/aromatic N) is 1. The van der Waals surface area contributed by atoms with Crippen LogP contribution in [0.4, 0.5) is 5.69 Å². The van der Waals surface area contributed by atoms with Gasteiger partial charge in [0.1, 0.15) is 0 Å². The minimum absolute atomic E-state index is 0.791. The van der Waals surface area contributed by atoms with Crippen molar-refractivity contribution < 1.29 is 0 Å². The Morgan fingerprint density at radius 2 is 1.67 bits per heavy atom. The van der Waals surface area contributed by atoms with E-state index in [1.54, 1.807) is 0 Å². The molecule has 1 aromatic carbocycles. The van der Waals surface area contributed by atoms with Crippen molar-refractivity contribution in [3.63, 3.8) is 0 Å². The maximum absolute atomic E-state index is 5.84. The number of nitrogens with one attached hydrogen (secondary N) is 1. The first-order valence-electron chi connectivity index (χ1n) is 6.98. The Morgan fingerprint density at radius 3 is 2.28 bits per heavy atom. The molecule has 0 aromatic heterocycles. The average molecular weight is 269 g/mol. The smallest absolute Gasteiger partial charge is 0.0407 e. The summed E-state index contributed by atoms with van der Waals surface area (Å²) >= 11 is 5.84. The molecule has 0 saturated carbocycles. The van der Waals surface area contributed by atoms with Crippen LogP contribution >= 0.6 is 11.6 Å². The highest BCUT2D eigenvalue weighted by Crippen LogP contribution is 2.13. The second kappa shape index (κ2) is 9.23. The number of halogens is 1. The summed E-state index contributed by atoms with van der Waals surface area (Å²) in [6, 6.07) is 7.89. The first kappa shape index (κ1) is 15.3. The molecule has 0 atom stereocenters. The summed E-state index contributed by atoms with van der Waals surface area (Å²) in [5.41, 5.74) is 1.16. The van der Waals surface area contributed by atoms with Gasteiger partial charge >= 0.3 is 0 Å². The molecular weight excluding hydrogens is 244 g/mol. The number of benzene rings is 1. The predicted octanol–water partition coefficient (Wildman–Crippen LogP) is 4.26. The van der Waals surface area contributed by atoms with Gasteiger partial charge in [0, 0.05) is 17.3 Å². The van der Waals surface area contributed by atoms with E-state index in [1.165, 1.54) is 38.9 Å². The maximum Gasteiger partial charge on any atom is 0.0407 e. The van der Waals surface area contributed by atoms with Gasteiger partial charge in [-0.2, -0.15) is 0 Å². The van der Waals surface area contributed by atoms with Crippen LogP contribution in [0.25, 0.3) is 0 Å². The molecule has 2 nitrogen and oxygen atoms in total.